The summed E-state index contributed by atoms with van der Waals surface area (Å²) in [5.74, 6) is 0.462. The molecule has 0 unspecified atom stereocenters. The molecule has 3 N–H and O–H groups in total. The maximum absolute atomic E-state index is 12.9. The van der Waals surface area contributed by atoms with Gasteiger partial charge in [-0.2, -0.15) is 0 Å². The van der Waals surface area contributed by atoms with E-state index >= 15 is 0 Å². The number of ether oxygens (including phenoxy) is 1. The Labute approximate surface area is 216 Å². The molecule has 2 aromatic rings. The van der Waals surface area contributed by atoms with Gasteiger partial charge < -0.3 is 25.6 Å². The van der Waals surface area contributed by atoms with Gasteiger partial charge in [0.25, 0.3) is 11.6 Å². The Hall–Kier alpha value is -3.66. The van der Waals surface area contributed by atoms with Crippen LogP contribution >= 0.6 is 0 Å². The smallest absolute Gasteiger partial charge is 0.293 e. The van der Waals surface area contributed by atoms with Gasteiger partial charge >= 0.3 is 0 Å². The van der Waals surface area contributed by atoms with Crippen molar-refractivity contribution >= 4 is 23.2 Å². The Morgan fingerprint density at radius 1 is 1.05 bits per heavy atom. The zero-order chi connectivity index (χ0) is 26.4. The molecule has 0 spiro atoms. The Bertz CT molecular complexity index is 1110. The molecule has 1 aliphatic heterocycles. The third-order valence-electron chi connectivity index (χ3n) is 7.25. The summed E-state index contributed by atoms with van der Waals surface area (Å²) < 4.78 is 5.17. The number of nitro groups is 1. The van der Waals surface area contributed by atoms with Crippen LogP contribution in [0, 0.1) is 10.1 Å². The van der Waals surface area contributed by atoms with Crippen molar-refractivity contribution in [2.45, 2.75) is 50.6 Å². The highest BCUT2D eigenvalue weighted by molar-refractivity contribution is 5.96. The van der Waals surface area contributed by atoms with Crippen molar-refractivity contribution in [2.24, 2.45) is 5.73 Å². The lowest BCUT2D eigenvalue weighted by Crippen LogP contribution is -2.40. The van der Waals surface area contributed by atoms with Gasteiger partial charge in [0, 0.05) is 49.9 Å². The summed E-state index contributed by atoms with van der Waals surface area (Å²) in [4.78, 5) is 40.9. The van der Waals surface area contributed by atoms with Crippen LogP contribution in [-0.2, 0) is 11.2 Å². The molecule has 2 amide bonds. The highest BCUT2D eigenvalue weighted by Gasteiger charge is 2.26. The van der Waals surface area contributed by atoms with Crippen molar-refractivity contribution < 1.29 is 19.2 Å². The van der Waals surface area contributed by atoms with Gasteiger partial charge in [0.1, 0.15) is 11.4 Å². The lowest BCUT2D eigenvalue weighted by Gasteiger charge is -2.27. The third-order valence-corrected chi connectivity index (χ3v) is 7.25. The van der Waals surface area contributed by atoms with Crippen LogP contribution < -0.4 is 20.7 Å². The molecule has 2 fully saturated rings. The van der Waals surface area contributed by atoms with Gasteiger partial charge in [0.2, 0.25) is 5.91 Å². The van der Waals surface area contributed by atoms with E-state index in [0.717, 1.165) is 37.0 Å². The summed E-state index contributed by atoms with van der Waals surface area (Å²) in [6.07, 6.45) is 4.33. The topological polar surface area (TPSA) is 131 Å². The second-order valence-electron chi connectivity index (χ2n) is 9.79. The van der Waals surface area contributed by atoms with Gasteiger partial charge in [-0.3, -0.25) is 19.7 Å². The SMILES string of the molecule is COc1ccc(CC(=O)N2CCCN(c3ccc(C(=O)NC4CCC(N)CC4)cc3[N+](=O)[O-])CC2)cc1. The zero-order valence-electron chi connectivity index (χ0n) is 21.2. The Morgan fingerprint density at radius 2 is 1.78 bits per heavy atom. The highest BCUT2D eigenvalue weighted by atomic mass is 16.6. The van der Waals surface area contributed by atoms with Crippen LogP contribution in [0.15, 0.2) is 42.5 Å². The third kappa shape index (κ3) is 6.76. The first-order valence-electron chi connectivity index (χ1n) is 12.8. The predicted molar refractivity (Wildman–Crippen MR) is 141 cm³/mol. The van der Waals surface area contributed by atoms with Crippen molar-refractivity contribution in [2.75, 3.05) is 38.2 Å². The molecule has 4 rings (SSSR count). The molecule has 1 heterocycles. The highest BCUT2D eigenvalue weighted by Crippen LogP contribution is 2.30. The van der Waals surface area contributed by atoms with E-state index in [1.54, 1.807) is 19.2 Å². The second-order valence-corrected chi connectivity index (χ2v) is 9.79. The first-order valence-corrected chi connectivity index (χ1v) is 12.8. The molecule has 1 saturated heterocycles. The van der Waals surface area contributed by atoms with E-state index in [0.29, 0.717) is 44.7 Å². The standard InChI is InChI=1S/C27H35N5O5/c1-37-23-10-3-19(4-11-23)17-26(33)31-14-2-13-30(15-16-31)24-12-5-20(18-25(24)32(35)36)27(34)29-22-8-6-21(28)7-9-22/h3-5,10-12,18,21-22H,2,6-9,13-17,28H2,1H3,(H,29,34). The van der Waals surface area contributed by atoms with Crippen molar-refractivity contribution in [3.63, 3.8) is 0 Å². The number of nitrogens with two attached hydrogens (primary N) is 1. The number of hydrogen-bond acceptors (Lipinski definition) is 7. The van der Waals surface area contributed by atoms with Gasteiger partial charge in [0.05, 0.1) is 18.5 Å². The average Bonchev–Trinajstić information content (AvgIpc) is 3.16. The maximum Gasteiger partial charge on any atom is 0.293 e. The number of nitrogens with zero attached hydrogens (tertiary/aromatic N) is 3. The number of benzene rings is 2. The fourth-order valence-corrected chi connectivity index (χ4v) is 5.05. The van der Waals surface area contributed by atoms with Gasteiger partial charge in [0.15, 0.2) is 0 Å². The molecule has 0 aromatic heterocycles. The van der Waals surface area contributed by atoms with E-state index in [1.165, 1.54) is 6.07 Å². The van der Waals surface area contributed by atoms with E-state index in [1.807, 2.05) is 34.1 Å². The van der Waals surface area contributed by atoms with Crippen molar-refractivity contribution in [1.82, 2.24) is 10.2 Å². The number of methoxy groups -OCH3 is 1. The van der Waals surface area contributed by atoms with Crippen LogP contribution in [0.25, 0.3) is 0 Å². The van der Waals surface area contributed by atoms with E-state index in [4.69, 9.17) is 10.5 Å². The largest absolute Gasteiger partial charge is 0.497 e. The molecule has 2 aliphatic rings. The summed E-state index contributed by atoms with van der Waals surface area (Å²) in [6.45, 7) is 2.12. The van der Waals surface area contributed by atoms with E-state index < -0.39 is 4.92 Å². The van der Waals surface area contributed by atoms with Gasteiger partial charge in [-0.15, -0.1) is 0 Å². The Morgan fingerprint density at radius 3 is 2.46 bits per heavy atom. The summed E-state index contributed by atoms with van der Waals surface area (Å²) in [5, 5.41) is 14.9. The minimum Gasteiger partial charge on any atom is -0.497 e. The maximum atomic E-state index is 12.9. The molecule has 10 nitrogen and oxygen atoms in total. The van der Waals surface area contributed by atoms with Gasteiger partial charge in [-0.05, 0) is 61.9 Å². The minimum absolute atomic E-state index is 0.0252. The van der Waals surface area contributed by atoms with Crippen LogP contribution in [0.2, 0.25) is 0 Å². The number of hydrogen-bond donors (Lipinski definition) is 2. The summed E-state index contributed by atoms with van der Waals surface area (Å²) in [6, 6.07) is 12.3. The normalized spacial score (nSPS) is 20.2. The average molecular weight is 510 g/mol. The zero-order valence-corrected chi connectivity index (χ0v) is 21.2. The fraction of sp³-hybridized carbons (Fsp3) is 0.481. The molecule has 0 atom stereocenters. The number of rotatable bonds is 7. The van der Waals surface area contributed by atoms with Crippen molar-refractivity contribution in [1.29, 1.82) is 0 Å². The van der Waals surface area contributed by atoms with Crippen LogP contribution in [0.3, 0.4) is 0 Å². The Balaban J connectivity index is 1.40. The van der Waals surface area contributed by atoms with Gasteiger partial charge in [-0.1, -0.05) is 12.1 Å². The lowest BCUT2D eigenvalue weighted by atomic mass is 9.91. The number of nitrogens with one attached hydrogen (secondary N) is 1. The fourth-order valence-electron chi connectivity index (χ4n) is 5.05. The first kappa shape index (κ1) is 26.4. The van der Waals surface area contributed by atoms with E-state index in [-0.39, 0.29) is 35.1 Å². The number of nitro benzene ring substituents is 1. The summed E-state index contributed by atoms with van der Waals surface area (Å²) in [7, 11) is 1.60. The monoisotopic (exact) mass is 509 g/mol. The molecule has 1 aliphatic carbocycles. The number of amides is 2. The summed E-state index contributed by atoms with van der Waals surface area (Å²) >= 11 is 0. The van der Waals surface area contributed by atoms with Crippen LogP contribution in [-0.4, -0.2) is 67.0 Å². The number of carbonyl (C=O) groups excluding carboxylic acids is 2. The van der Waals surface area contributed by atoms with E-state index in [2.05, 4.69) is 5.32 Å². The van der Waals surface area contributed by atoms with Crippen LogP contribution in [0.5, 0.6) is 5.75 Å². The second kappa shape index (κ2) is 12.1. The molecule has 1 saturated carbocycles. The molecule has 10 heteroatoms. The summed E-state index contributed by atoms with van der Waals surface area (Å²) in [5.41, 5.74) is 7.49. The number of anilines is 1. The van der Waals surface area contributed by atoms with Crippen molar-refractivity contribution in [3.05, 3.63) is 63.7 Å². The molecule has 2 aromatic carbocycles. The Kier molecular flexibility index (Phi) is 8.60. The minimum atomic E-state index is -0.441. The molecular weight excluding hydrogens is 474 g/mol. The predicted octanol–water partition coefficient (Wildman–Crippen LogP) is 2.88. The molecule has 0 bridgehead atoms. The number of carbonyl (C=O) groups is 2. The molecule has 37 heavy (non-hydrogen) atoms. The molecule has 0 radical (unpaired) electrons. The quantitative estimate of drug-likeness (QED) is 0.433. The van der Waals surface area contributed by atoms with E-state index in [9.17, 15) is 19.7 Å². The molecular formula is C27H35N5O5. The molecule has 198 valence electrons. The van der Waals surface area contributed by atoms with Gasteiger partial charge in [-0.25, -0.2) is 0 Å². The van der Waals surface area contributed by atoms with Crippen LogP contribution in [0.1, 0.15) is 48.0 Å². The lowest BCUT2D eigenvalue weighted by molar-refractivity contribution is -0.384. The van der Waals surface area contributed by atoms with Crippen molar-refractivity contribution in [3.8, 4) is 5.75 Å². The first-order chi connectivity index (χ1) is 17.8. The van der Waals surface area contributed by atoms with Crippen LogP contribution in [0.4, 0.5) is 11.4 Å².